The second-order valence-corrected chi connectivity index (χ2v) is 3.98. The van der Waals surface area contributed by atoms with Gasteiger partial charge in [-0.2, -0.15) is 0 Å². The van der Waals surface area contributed by atoms with Crippen molar-refractivity contribution in [3.05, 3.63) is 52.0 Å². The first-order valence-corrected chi connectivity index (χ1v) is 5.08. The Balaban J connectivity index is 2.15. The van der Waals surface area contributed by atoms with Gasteiger partial charge in [-0.05, 0) is 12.5 Å². The van der Waals surface area contributed by atoms with Crippen molar-refractivity contribution in [2.45, 2.75) is 13.3 Å². The van der Waals surface area contributed by atoms with Crippen molar-refractivity contribution in [1.29, 1.82) is 0 Å². The molecule has 0 aliphatic heterocycles. The number of thiazole rings is 1. The van der Waals surface area contributed by atoms with Crippen molar-refractivity contribution in [1.82, 2.24) is 4.98 Å². The summed E-state index contributed by atoms with van der Waals surface area (Å²) in [4.78, 5) is 4.13. The number of rotatable bonds is 2. The topological polar surface area (TPSA) is 12.9 Å². The summed E-state index contributed by atoms with van der Waals surface area (Å²) in [6.07, 6.45) is 3.75. The fraction of sp³-hybridized carbons (Fsp3) is 0.182. The molecule has 2 aromatic rings. The quantitative estimate of drug-likeness (QED) is 0.706. The van der Waals surface area contributed by atoms with Crippen LogP contribution >= 0.6 is 11.3 Å². The van der Waals surface area contributed by atoms with Crippen LogP contribution in [0.3, 0.4) is 0 Å². The van der Waals surface area contributed by atoms with Gasteiger partial charge in [0.1, 0.15) is 6.20 Å². The van der Waals surface area contributed by atoms with E-state index in [-0.39, 0.29) is 0 Å². The molecule has 0 unspecified atom stereocenters. The van der Waals surface area contributed by atoms with E-state index in [0.717, 1.165) is 11.4 Å². The van der Waals surface area contributed by atoms with Crippen LogP contribution in [0.15, 0.2) is 29.6 Å². The molecule has 65 valence electrons. The summed E-state index contributed by atoms with van der Waals surface area (Å²) < 4.78 is 0. The molecule has 1 aromatic heterocycles. The predicted octanol–water partition coefficient (Wildman–Crippen LogP) is 2.84. The minimum absolute atomic E-state index is 0.925. The third kappa shape index (κ3) is 2.16. The second kappa shape index (κ2) is 3.71. The molecule has 0 amide bonds. The smallest absolute Gasteiger partial charge is 0.101 e. The Labute approximate surface area is 82.1 Å². The first kappa shape index (κ1) is 8.45. The number of nitrogens with zero attached hydrogens (tertiary/aromatic N) is 1. The number of benzene rings is 1. The summed E-state index contributed by atoms with van der Waals surface area (Å²) in [6.45, 7) is 2.10. The van der Waals surface area contributed by atoms with Crippen LogP contribution in [0.25, 0.3) is 0 Å². The highest BCUT2D eigenvalue weighted by Gasteiger charge is 1.97. The molecule has 0 fully saturated rings. The van der Waals surface area contributed by atoms with Crippen LogP contribution in [-0.2, 0) is 6.42 Å². The van der Waals surface area contributed by atoms with E-state index in [1.165, 1.54) is 11.1 Å². The Morgan fingerprint density at radius 3 is 2.69 bits per heavy atom. The van der Waals surface area contributed by atoms with E-state index in [2.05, 4.69) is 42.4 Å². The Kier molecular flexibility index (Phi) is 2.41. The lowest BCUT2D eigenvalue weighted by Gasteiger charge is -1.97. The molecule has 0 saturated heterocycles. The van der Waals surface area contributed by atoms with Gasteiger partial charge in [-0.15, -0.1) is 11.3 Å². The van der Waals surface area contributed by atoms with Gasteiger partial charge in [-0.25, -0.2) is 4.98 Å². The molecule has 1 nitrogen and oxygen atoms in total. The highest BCUT2D eigenvalue weighted by Crippen LogP contribution is 2.11. The van der Waals surface area contributed by atoms with E-state index in [9.17, 15) is 0 Å². The molecule has 2 heteroatoms. The molecule has 13 heavy (non-hydrogen) atoms. The first-order chi connectivity index (χ1) is 6.34. The molecule has 0 aliphatic rings. The number of aryl methyl sites for hydroxylation is 1. The second-order valence-electron chi connectivity index (χ2n) is 3.03. The van der Waals surface area contributed by atoms with E-state index < -0.39 is 0 Å². The lowest BCUT2D eigenvalue weighted by Crippen LogP contribution is -1.86. The first-order valence-electron chi connectivity index (χ1n) is 4.20. The van der Waals surface area contributed by atoms with Gasteiger partial charge in [0, 0.05) is 11.8 Å². The predicted molar refractivity (Wildman–Crippen MR) is 54.9 cm³/mol. The molecule has 1 aromatic carbocycles. The van der Waals surface area contributed by atoms with Crippen LogP contribution in [-0.4, -0.2) is 4.98 Å². The highest BCUT2D eigenvalue weighted by atomic mass is 32.1. The van der Waals surface area contributed by atoms with Gasteiger partial charge in [0.25, 0.3) is 0 Å². The minimum Gasteiger partial charge on any atom is -0.239 e. The average Bonchev–Trinajstić information content (AvgIpc) is 2.62. The zero-order valence-corrected chi connectivity index (χ0v) is 8.27. The van der Waals surface area contributed by atoms with Crippen LogP contribution < -0.4 is 0 Å². The average molecular weight is 188 g/mol. The lowest BCUT2D eigenvalue weighted by molar-refractivity contribution is 1.13. The number of hydrogen-bond acceptors (Lipinski definition) is 2. The fourth-order valence-electron chi connectivity index (χ4n) is 1.18. The van der Waals surface area contributed by atoms with Crippen molar-refractivity contribution >= 4 is 11.3 Å². The largest absolute Gasteiger partial charge is 0.239 e. The van der Waals surface area contributed by atoms with E-state index in [4.69, 9.17) is 0 Å². The van der Waals surface area contributed by atoms with Crippen LogP contribution in [0.1, 0.15) is 16.1 Å². The molecular formula is C11H10NS. The van der Waals surface area contributed by atoms with Gasteiger partial charge in [0.05, 0.1) is 5.01 Å². The highest BCUT2D eigenvalue weighted by molar-refractivity contribution is 7.09. The van der Waals surface area contributed by atoms with Gasteiger partial charge in [0.15, 0.2) is 0 Å². The summed E-state index contributed by atoms with van der Waals surface area (Å²) in [5.41, 5.74) is 2.61. The SMILES string of the molecule is Cc1ccc(Cc2n[c]cs2)cc1. The van der Waals surface area contributed by atoms with Gasteiger partial charge in [-0.1, -0.05) is 29.8 Å². The monoisotopic (exact) mass is 188 g/mol. The molecular weight excluding hydrogens is 178 g/mol. The van der Waals surface area contributed by atoms with Crippen LogP contribution in [0.5, 0.6) is 0 Å². The van der Waals surface area contributed by atoms with E-state index in [1.807, 2.05) is 5.38 Å². The fourth-order valence-corrected chi connectivity index (χ4v) is 1.78. The lowest BCUT2D eigenvalue weighted by atomic mass is 10.1. The van der Waals surface area contributed by atoms with Crippen molar-refractivity contribution in [2.24, 2.45) is 0 Å². The Bertz CT molecular complexity index is 361. The maximum Gasteiger partial charge on any atom is 0.101 e. The zero-order valence-electron chi connectivity index (χ0n) is 7.45. The van der Waals surface area contributed by atoms with Crippen LogP contribution in [0, 0.1) is 13.1 Å². The van der Waals surface area contributed by atoms with Crippen molar-refractivity contribution < 1.29 is 0 Å². The maximum absolute atomic E-state index is 4.13. The standard InChI is InChI=1S/C11H10NS/c1-9-2-4-10(5-3-9)8-11-12-6-7-13-11/h2-5,7H,8H2,1H3. The Morgan fingerprint density at radius 1 is 1.31 bits per heavy atom. The van der Waals surface area contributed by atoms with E-state index in [1.54, 1.807) is 11.3 Å². The Morgan fingerprint density at radius 2 is 2.08 bits per heavy atom. The van der Waals surface area contributed by atoms with Crippen molar-refractivity contribution in [2.75, 3.05) is 0 Å². The summed E-state index contributed by atoms with van der Waals surface area (Å²) in [5, 5.41) is 3.02. The number of hydrogen-bond donors (Lipinski definition) is 0. The maximum atomic E-state index is 4.13. The normalized spacial score (nSPS) is 10.2. The molecule has 2 rings (SSSR count). The van der Waals surface area contributed by atoms with Gasteiger partial charge in [-0.3, -0.25) is 0 Å². The molecule has 0 aliphatic carbocycles. The third-order valence-corrected chi connectivity index (χ3v) is 2.64. The summed E-state index contributed by atoms with van der Waals surface area (Å²) in [7, 11) is 0. The van der Waals surface area contributed by atoms with Crippen LogP contribution in [0.4, 0.5) is 0 Å². The molecule has 1 heterocycles. The molecule has 0 atom stereocenters. The summed E-state index contributed by atoms with van der Waals surface area (Å²) in [5.74, 6) is 0. The van der Waals surface area contributed by atoms with Crippen molar-refractivity contribution in [3.63, 3.8) is 0 Å². The Hall–Kier alpha value is -1.15. The molecule has 0 spiro atoms. The van der Waals surface area contributed by atoms with Gasteiger partial charge >= 0.3 is 0 Å². The summed E-state index contributed by atoms with van der Waals surface area (Å²) >= 11 is 1.66. The third-order valence-electron chi connectivity index (χ3n) is 1.91. The van der Waals surface area contributed by atoms with E-state index in [0.29, 0.717) is 0 Å². The molecule has 0 saturated carbocycles. The molecule has 1 radical (unpaired) electrons. The van der Waals surface area contributed by atoms with Crippen molar-refractivity contribution in [3.8, 4) is 0 Å². The van der Waals surface area contributed by atoms with E-state index >= 15 is 0 Å². The summed E-state index contributed by atoms with van der Waals surface area (Å²) in [6, 6.07) is 8.56. The van der Waals surface area contributed by atoms with Gasteiger partial charge < -0.3 is 0 Å². The zero-order chi connectivity index (χ0) is 9.10. The molecule has 0 N–H and O–H groups in total. The van der Waals surface area contributed by atoms with Gasteiger partial charge in [0.2, 0.25) is 0 Å². The molecule has 0 bridgehead atoms. The van der Waals surface area contributed by atoms with Crippen LogP contribution in [0.2, 0.25) is 0 Å². The number of aromatic nitrogens is 1. The minimum atomic E-state index is 0.925.